The number of non-ortho nitro benzene ring substituents is 1. The van der Waals surface area contributed by atoms with Gasteiger partial charge in [-0.2, -0.15) is 0 Å². The molecule has 0 bridgehead atoms. The second-order valence-corrected chi connectivity index (χ2v) is 4.74. The first-order chi connectivity index (χ1) is 9.99. The lowest BCUT2D eigenvalue weighted by atomic mass is 10.2. The van der Waals surface area contributed by atoms with Gasteiger partial charge in [0.05, 0.1) is 12.0 Å². The van der Waals surface area contributed by atoms with E-state index in [-0.39, 0.29) is 5.69 Å². The predicted molar refractivity (Wildman–Crippen MR) is 82.6 cm³/mol. The zero-order valence-corrected chi connectivity index (χ0v) is 11.9. The van der Waals surface area contributed by atoms with Crippen LogP contribution in [0.1, 0.15) is 5.56 Å². The molecule has 2 aromatic carbocycles. The minimum Gasteiger partial charge on any atom is -0.497 e. The zero-order valence-electron chi connectivity index (χ0n) is 11.9. The highest BCUT2D eigenvalue weighted by Gasteiger charge is 2.11. The number of hydrogen-bond acceptors (Lipinski definition) is 5. The van der Waals surface area contributed by atoms with Crippen LogP contribution >= 0.6 is 0 Å². The van der Waals surface area contributed by atoms with Crippen LogP contribution in [-0.4, -0.2) is 19.1 Å². The molecule has 0 saturated heterocycles. The third-order valence-corrected chi connectivity index (χ3v) is 3.16. The lowest BCUT2D eigenvalue weighted by Crippen LogP contribution is -2.16. The van der Waals surface area contributed by atoms with E-state index < -0.39 is 4.92 Å². The van der Waals surface area contributed by atoms with Gasteiger partial charge in [0.2, 0.25) is 0 Å². The van der Waals surface area contributed by atoms with Gasteiger partial charge < -0.3 is 15.4 Å². The molecule has 0 aromatic heterocycles. The molecule has 6 nitrogen and oxygen atoms in total. The number of hydrogen-bond donors (Lipinski definition) is 1. The maximum atomic E-state index is 10.9. The summed E-state index contributed by atoms with van der Waals surface area (Å²) in [6.07, 6.45) is 0. The molecule has 0 aliphatic rings. The highest BCUT2D eigenvalue weighted by atomic mass is 16.6. The van der Waals surface area contributed by atoms with Gasteiger partial charge in [-0.25, -0.2) is 0 Å². The Morgan fingerprint density at radius 3 is 2.48 bits per heavy atom. The SMILES string of the molecule is COc1ccc(CN(C)c2cc(N)cc([N+](=O)[O-])c2)cc1. The maximum Gasteiger partial charge on any atom is 0.273 e. The number of anilines is 2. The number of ether oxygens (including phenoxy) is 1. The number of nitro groups is 1. The molecule has 6 heteroatoms. The number of benzene rings is 2. The first-order valence-corrected chi connectivity index (χ1v) is 6.38. The number of rotatable bonds is 5. The van der Waals surface area contributed by atoms with Gasteiger partial charge in [0.1, 0.15) is 5.75 Å². The maximum absolute atomic E-state index is 10.9. The summed E-state index contributed by atoms with van der Waals surface area (Å²) in [6.45, 7) is 0.616. The van der Waals surface area contributed by atoms with Crippen LogP contribution in [0.4, 0.5) is 17.1 Å². The van der Waals surface area contributed by atoms with E-state index in [1.54, 1.807) is 13.2 Å². The molecular weight excluding hydrogens is 270 g/mol. The topological polar surface area (TPSA) is 81.6 Å². The van der Waals surface area contributed by atoms with Crippen molar-refractivity contribution in [3.8, 4) is 5.75 Å². The van der Waals surface area contributed by atoms with Crippen LogP contribution in [0, 0.1) is 10.1 Å². The van der Waals surface area contributed by atoms with Crippen molar-refractivity contribution in [1.82, 2.24) is 0 Å². The Morgan fingerprint density at radius 2 is 1.90 bits per heavy atom. The molecular formula is C15H17N3O3. The largest absolute Gasteiger partial charge is 0.497 e. The molecule has 0 radical (unpaired) electrons. The molecule has 0 heterocycles. The predicted octanol–water partition coefficient (Wildman–Crippen LogP) is 2.82. The molecule has 110 valence electrons. The summed E-state index contributed by atoms with van der Waals surface area (Å²) in [6, 6.07) is 12.3. The van der Waals surface area contributed by atoms with Gasteiger partial charge in [-0.3, -0.25) is 10.1 Å². The summed E-state index contributed by atoms with van der Waals surface area (Å²) >= 11 is 0. The van der Waals surface area contributed by atoms with Gasteiger partial charge in [-0.05, 0) is 23.8 Å². The van der Waals surface area contributed by atoms with Crippen molar-refractivity contribution in [3.63, 3.8) is 0 Å². The summed E-state index contributed by atoms with van der Waals surface area (Å²) in [7, 11) is 3.48. The van der Waals surface area contributed by atoms with Crippen LogP contribution in [-0.2, 0) is 6.54 Å². The van der Waals surface area contributed by atoms with Gasteiger partial charge in [-0.15, -0.1) is 0 Å². The molecule has 2 N–H and O–H groups in total. The second kappa shape index (κ2) is 6.13. The van der Waals surface area contributed by atoms with Gasteiger partial charge >= 0.3 is 0 Å². The average Bonchev–Trinajstić information content (AvgIpc) is 2.47. The van der Waals surface area contributed by atoms with Crippen molar-refractivity contribution in [1.29, 1.82) is 0 Å². The van der Waals surface area contributed by atoms with Gasteiger partial charge in [-0.1, -0.05) is 12.1 Å². The Morgan fingerprint density at radius 1 is 1.24 bits per heavy atom. The quantitative estimate of drug-likeness (QED) is 0.519. The molecule has 0 unspecified atom stereocenters. The van der Waals surface area contributed by atoms with E-state index in [9.17, 15) is 10.1 Å². The number of methoxy groups -OCH3 is 1. The molecule has 0 spiro atoms. The van der Waals surface area contributed by atoms with Crippen LogP contribution in [0.2, 0.25) is 0 Å². The monoisotopic (exact) mass is 287 g/mol. The molecule has 0 amide bonds. The van der Waals surface area contributed by atoms with Crippen molar-refractivity contribution in [2.45, 2.75) is 6.54 Å². The number of nitro benzene ring substituents is 1. The summed E-state index contributed by atoms with van der Waals surface area (Å²) in [4.78, 5) is 12.3. The lowest BCUT2D eigenvalue weighted by molar-refractivity contribution is -0.384. The molecule has 0 fully saturated rings. The van der Waals surface area contributed by atoms with Crippen LogP contribution < -0.4 is 15.4 Å². The smallest absolute Gasteiger partial charge is 0.273 e. The summed E-state index contributed by atoms with van der Waals surface area (Å²) in [5.41, 5.74) is 7.87. The standard InChI is InChI=1S/C15H17N3O3/c1-17(10-11-3-5-15(21-2)6-4-11)13-7-12(16)8-14(9-13)18(19)20/h3-9H,10,16H2,1-2H3. The Balaban J connectivity index is 2.19. The molecule has 0 saturated carbocycles. The van der Waals surface area contributed by atoms with Crippen LogP contribution in [0.3, 0.4) is 0 Å². The van der Waals surface area contributed by atoms with Crippen LogP contribution in [0.25, 0.3) is 0 Å². The van der Waals surface area contributed by atoms with E-state index in [1.807, 2.05) is 36.2 Å². The fourth-order valence-corrected chi connectivity index (χ4v) is 2.04. The van der Waals surface area contributed by atoms with E-state index in [0.29, 0.717) is 17.9 Å². The molecule has 0 atom stereocenters. The van der Waals surface area contributed by atoms with E-state index >= 15 is 0 Å². The lowest BCUT2D eigenvalue weighted by Gasteiger charge is -2.19. The first kappa shape index (κ1) is 14.6. The van der Waals surface area contributed by atoms with Gasteiger partial charge in [0, 0.05) is 37.1 Å². The fraction of sp³-hybridized carbons (Fsp3) is 0.200. The molecule has 0 aliphatic heterocycles. The minimum absolute atomic E-state index is 0.00780. The summed E-state index contributed by atoms with van der Waals surface area (Å²) < 4.78 is 5.11. The highest BCUT2D eigenvalue weighted by Crippen LogP contribution is 2.26. The first-order valence-electron chi connectivity index (χ1n) is 6.38. The third kappa shape index (κ3) is 3.62. The molecule has 2 rings (SSSR count). The van der Waals surface area contributed by atoms with Gasteiger partial charge in [0.25, 0.3) is 5.69 Å². The number of nitrogens with two attached hydrogens (primary N) is 1. The van der Waals surface area contributed by atoms with Crippen molar-refractivity contribution >= 4 is 17.1 Å². The van der Waals surface area contributed by atoms with Crippen LogP contribution in [0.5, 0.6) is 5.75 Å². The second-order valence-electron chi connectivity index (χ2n) is 4.74. The Hall–Kier alpha value is -2.76. The van der Waals surface area contributed by atoms with E-state index in [0.717, 1.165) is 11.3 Å². The normalized spacial score (nSPS) is 10.2. The Labute approximate surface area is 122 Å². The molecule has 2 aromatic rings. The van der Waals surface area contributed by atoms with Crippen molar-refractivity contribution < 1.29 is 9.66 Å². The molecule has 0 aliphatic carbocycles. The van der Waals surface area contributed by atoms with Crippen molar-refractivity contribution in [2.75, 3.05) is 24.8 Å². The third-order valence-electron chi connectivity index (χ3n) is 3.16. The van der Waals surface area contributed by atoms with Crippen molar-refractivity contribution in [3.05, 3.63) is 58.1 Å². The summed E-state index contributed by atoms with van der Waals surface area (Å²) in [5.74, 6) is 0.793. The van der Waals surface area contributed by atoms with E-state index in [4.69, 9.17) is 10.5 Å². The zero-order chi connectivity index (χ0) is 15.4. The van der Waals surface area contributed by atoms with Crippen LogP contribution in [0.15, 0.2) is 42.5 Å². The summed E-state index contributed by atoms with van der Waals surface area (Å²) in [5, 5.41) is 10.9. The minimum atomic E-state index is -0.443. The number of nitrogen functional groups attached to an aromatic ring is 1. The van der Waals surface area contributed by atoms with Crippen molar-refractivity contribution in [2.24, 2.45) is 0 Å². The Kier molecular flexibility index (Phi) is 4.27. The van der Waals surface area contributed by atoms with Gasteiger partial charge in [0.15, 0.2) is 0 Å². The Bertz CT molecular complexity index is 641. The highest BCUT2D eigenvalue weighted by molar-refractivity contribution is 5.62. The van der Waals surface area contributed by atoms with E-state index in [2.05, 4.69) is 0 Å². The number of nitrogens with zero attached hydrogens (tertiary/aromatic N) is 2. The average molecular weight is 287 g/mol. The molecule has 21 heavy (non-hydrogen) atoms. The fourth-order valence-electron chi connectivity index (χ4n) is 2.04. The van der Waals surface area contributed by atoms with E-state index in [1.165, 1.54) is 12.1 Å².